The number of Topliss-reactive ketones (excluding diaryl/α,β-unsaturated/α-hetero) is 1. The minimum absolute atomic E-state index is 0.0125. The molecule has 1 N–H and O–H groups in total. The predicted octanol–water partition coefficient (Wildman–Crippen LogP) is 3.40. The van der Waals surface area contributed by atoms with Crippen molar-refractivity contribution in [2.75, 3.05) is 6.61 Å². The van der Waals surface area contributed by atoms with Crippen LogP contribution in [-0.2, 0) is 18.3 Å². The largest absolute Gasteiger partial charge is 0.471 e. The van der Waals surface area contributed by atoms with E-state index in [1.54, 1.807) is 26.0 Å². The topological polar surface area (TPSA) is 86.1 Å². The van der Waals surface area contributed by atoms with Crippen LogP contribution < -0.4 is 10.1 Å². The molecule has 2 aromatic heterocycles. The van der Waals surface area contributed by atoms with Crippen molar-refractivity contribution in [2.45, 2.75) is 44.8 Å². The Labute approximate surface area is 174 Å². The van der Waals surface area contributed by atoms with Crippen LogP contribution >= 0.6 is 0 Å². The molecule has 1 amide bonds. The second-order valence-electron chi connectivity index (χ2n) is 6.83. The Morgan fingerprint density at radius 1 is 1.23 bits per heavy atom. The summed E-state index contributed by atoms with van der Waals surface area (Å²) in [5.41, 5.74) is 0.985. The van der Waals surface area contributed by atoms with Crippen molar-refractivity contribution in [1.29, 1.82) is 0 Å². The first kappa shape index (κ1) is 24.2. The number of alkyl halides is 5. The summed E-state index contributed by atoms with van der Waals surface area (Å²) in [4.78, 5) is 28.1. The molecule has 0 saturated heterocycles. The summed E-state index contributed by atoms with van der Waals surface area (Å²) in [6.07, 6.45) is -3.72. The van der Waals surface area contributed by atoms with E-state index in [0.717, 1.165) is 10.7 Å². The van der Waals surface area contributed by atoms with Gasteiger partial charge in [0.1, 0.15) is 5.78 Å². The average molecular weight is 448 g/mol. The van der Waals surface area contributed by atoms with Gasteiger partial charge in [0.15, 0.2) is 12.3 Å². The molecular formula is C19H21F5N4O3. The third-order valence-electron chi connectivity index (χ3n) is 4.35. The highest BCUT2D eigenvalue weighted by Crippen LogP contribution is 2.35. The van der Waals surface area contributed by atoms with Crippen molar-refractivity contribution < 1.29 is 36.3 Å². The quantitative estimate of drug-likeness (QED) is 0.595. The zero-order valence-electron chi connectivity index (χ0n) is 17.0. The lowest BCUT2D eigenvalue weighted by molar-refractivity contribution is -0.290. The highest BCUT2D eigenvalue weighted by atomic mass is 19.4. The van der Waals surface area contributed by atoms with Gasteiger partial charge in [-0.3, -0.25) is 14.6 Å². The summed E-state index contributed by atoms with van der Waals surface area (Å²) < 4.78 is 68.2. The SMILES string of the molecule is CCC(=O)Cc1cc(C(C)NC(=O)c2cc(OCC(F)(F)C(F)(F)F)n(C)n2)ccn1. The highest BCUT2D eigenvalue weighted by molar-refractivity contribution is 5.92. The molecule has 0 bridgehead atoms. The Morgan fingerprint density at radius 2 is 1.90 bits per heavy atom. The van der Waals surface area contributed by atoms with Crippen LogP contribution in [-0.4, -0.2) is 45.2 Å². The van der Waals surface area contributed by atoms with Gasteiger partial charge in [0.05, 0.1) is 6.04 Å². The molecule has 12 heteroatoms. The number of ketones is 1. The van der Waals surface area contributed by atoms with Gasteiger partial charge in [-0.05, 0) is 24.6 Å². The first-order valence-corrected chi connectivity index (χ1v) is 9.22. The lowest BCUT2D eigenvalue weighted by Crippen LogP contribution is -2.42. The minimum Gasteiger partial charge on any atom is -0.471 e. The predicted molar refractivity (Wildman–Crippen MR) is 98.8 cm³/mol. The van der Waals surface area contributed by atoms with Gasteiger partial charge >= 0.3 is 12.1 Å². The van der Waals surface area contributed by atoms with E-state index in [2.05, 4.69) is 20.1 Å². The van der Waals surface area contributed by atoms with Gasteiger partial charge in [0.25, 0.3) is 5.91 Å². The van der Waals surface area contributed by atoms with Gasteiger partial charge in [0, 0.05) is 37.8 Å². The molecule has 2 rings (SSSR count). The van der Waals surface area contributed by atoms with Gasteiger partial charge in [-0.1, -0.05) is 6.92 Å². The molecule has 1 unspecified atom stereocenters. The summed E-state index contributed by atoms with van der Waals surface area (Å²) >= 11 is 0. The Balaban J connectivity index is 2.05. The Kier molecular flexibility index (Phi) is 7.34. The molecule has 31 heavy (non-hydrogen) atoms. The Morgan fingerprint density at radius 3 is 2.52 bits per heavy atom. The number of amides is 1. The summed E-state index contributed by atoms with van der Waals surface area (Å²) in [5, 5.41) is 6.42. The summed E-state index contributed by atoms with van der Waals surface area (Å²) in [5.74, 6) is -6.15. The van der Waals surface area contributed by atoms with Gasteiger partial charge in [0.2, 0.25) is 5.88 Å². The fourth-order valence-corrected chi connectivity index (χ4v) is 2.49. The van der Waals surface area contributed by atoms with Crippen LogP contribution in [0.15, 0.2) is 24.4 Å². The number of pyridine rings is 1. The maximum absolute atomic E-state index is 13.0. The fourth-order valence-electron chi connectivity index (χ4n) is 2.49. The van der Waals surface area contributed by atoms with Crippen LogP contribution in [0.3, 0.4) is 0 Å². The normalized spacial score (nSPS) is 13.0. The molecule has 0 aliphatic carbocycles. The van der Waals surface area contributed by atoms with E-state index in [4.69, 9.17) is 0 Å². The number of rotatable bonds is 9. The lowest BCUT2D eigenvalue weighted by atomic mass is 10.1. The first-order chi connectivity index (χ1) is 14.3. The summed E-state index contributed by atoms with van der Waals surface area (Å²) in [6, 6.07) is 3.76. The molecule has 170 valence electrons. The summed E-state index contributed by atoms with van der Waals surface area (Å²) in [7, 11) is 1.24. The van der Waals surface area contributed by atoms with Crippen LogP contribution in [0, 0.1) is 0 Å². The van der Waals surface area contributed by atoms with Crippen molar-refractivity contribution in [3.63, 3.8) is 0 Å². The van der Waals surface area contributed by atoms with Crippen LogP contribution in [0.25, 0.3) is 0 Å². The molecule has 0 aromatic carbocycles. The molecular weight excluding hydrogens is 427 g/mol. The third-order valence-corrected chi connectivity index (χ3v) is 4.35. The lowest BCUT2D eigenvalue weighted by Gasteiger charge is -2.19. The van der Waals surface area contributed by atoms with E-state index in [9.17, 15) is 31.5 Å². The molecule has 0 radical (unpaired) electrons. The van der Waals surface area contributed by atoms with Gasteiger partial charge in [-0.2, -0.15) is 27.1 Å². The number of aryl methyl sites for hydroxylation is 1. The molecule has 0 fully saturated rings. The van der Waals surface area contributed by atoms with Crippen molar-refractivity contribution in [2.24, 2.45) is 7.05 Å². The highest BCUT2D eigenvalue weighted by Gasteiger charge is 2.58. The first-order valence-electron chi connectivity index (χ1n) is 9.22. The smallest absolute Gasteiger partial charge is 0.456 e. The van der Waals surface area contributed by atoms with E-state index in [1.165, 1.54) is 13.2 Å². The molecule has 0 aliphatic rings. The van der Waals surface area contributed by atoms with Crippen molar-refractivity contribution >= 4 is 11.7 Å². The number of nitrogens with zero attached hydrogens (tertiary/aromatic N) is 3. The van der Waals surface area contributed by atoms with Crippen molar-refractivity contribution in [3.8, 4) is 5.88 Å². The van der Waals surface area contributed by atoms with Crippen LogP contribution in [0.1, 0.15) is 48.1 Å². The zero-order chi connectivity index (χ0) is 23.4. The number of nitrogens with one attached hydrogen (secondary N) is 1. The molecule has 2 aromatic rings. The second-order valence-corrected chi connectivity index (χ2v) is 6.83. The minimum atomic E-state index is -5.76. The average Bonchev–Trinajstić information content (AvgIpc) is 3.06. The molecule has 0 saturated carbocycles. The molecule has 2 heterocycles. The number of aromatic nitrogens is 3. The van der Waals surface area contributed by atoms with Crippen molar-refractivity contribution in [3.05, 3.63) is 41.3 Å². The molecule has 0 aliphatic heterocycles. The van der Waals surface area contributed by atoms with E-state index < -0.39 is 36.5 Å². The van der Waals surface area contributed by atoms with E-state index in [-0.39, 0.29) is 17.9 Å². The van der Waals surface area contributed by atoms with Gasteiger partial charge in [-0.25, -0.2) is 4.68 Å². The number of hydrogen-bond donors (Lipinski definition) is 1. The Hall–Kier alpha value is -3.05. The molecule has 7 nitrogen and oxygen atoms in total. The van der Waals surface area contributed by atoms with E-state index >= 15 is 0 Å². The number of carbonyl (C=O) groups is 2. The maximum Gasteiger partial charge on any atom is 0.456 e. The summed E-state index contributed by atoms with van der Waals surface area (Å²) in [6.45, 7) is 1.47. The maximum atomic E-state index is 13.0. The van der Waals surface area contributed by atoms with E-state index in [1.807, 2.05) is 0 Å². The monoisotopic (exact) mass is 448 g/mol. The van der Waals surface area contributed by atoms with Crippen molar-refractivity contribution in [1.82, 2.24) is 20.1 Å². The number of carbonyl (C=O) groups excluding carboxylic acids is 2. The molecule has 0 spiro atoms. The fraction of sp³-hybridized carbons (Fsp3) is 0.474. The number of halogens is 5. The van der Waals surface area contributed by atoms with E-state index in [0.29, 0.717) is 17.7 Å². The van der Waals surface area contributed by atoms with Crippen LogP contribution in [0.2, 0.25) is 0 Å². The Bertz CT molecular complexity index is 943. The number of ether oxygens (including phenoxy) is 1. The second kappa shape index (κ2) is 9.40. The molecule has 1 atom stereocenters. The van der Waals surface area contributed by atoms with Gasteiger partial charge < -0.3 is 10.1 Å². The zero-order valence-corrected chi connectivity index (χ0v) is 17.0. The standard InChI is InChI=1S/C19H21F5N4O3/c1-4-14(29)8-13-7-12(5-6-25-13)11(2)26-17(30)15-9-16(28(3)27-15)31-10-18(20,21)19(22,23)24/h5-7,9,11H,4,8,10H2,1-3H3,(H,26,30). The number of hydrogen-bond acceptors (Lipinski definition) is 5. The van der Waals surface area contributed by atoms with Crippen LogP contribution in [0.4, 0.5) is 22.0 Å². The third kappa shape index (κ3) is 6.22. The van der Waals surface area contributed by atoms with Crippen LogP contribution in [0.5, 0.6) is 5.88 Å². The van der Waals surface area contributed by atoms with Gasteiger partial charge in [-0.15, -0.1) is 0 Å².